The minimum atomic E-state index is -0.612. The van der Waals surface area contributed by atoms with Crippen LogP contribution in [0.3, 0.4) is 0 Å². The second-order valence-corrected chi connectivity index (χ2v) is 15.8. The van der Waals surface area contributed by atoms with Crippen molar-refractivity contribution >= 4 is 49.6 Å². The Morgan fingerprint density at radius 1 is 0.407 bits per heavy atom. The summed E-state index contributed by atoms with van der Waals surface area (Å²) in [4.78, 5) is 2.49. The molecule has 0 saturated heterocycles. The normalized spacial score (nSPS) is 13.2. The van der Waals surface area contributed by atoms with Gasteiger partial charge in [0.05, 0.1) is 27.8 Å². The molecular weight excluding hydrogens is 713 g/mol. The molecule has 9 aromatic carbocycles. The molecule has 0 saturated carbocycles. The van der Waals surface area contributed by atoms with Gasteiger partial charge in [0.2, 0.25) is 0 Å². The Kier molecular flexibility index (Phi) is 8.34. The van der Waals surface area contributed by atoms with E-state index in [1.807, 2.05) is 0 Å². The minimum Gasteiger partial charge on any atom is -0.310 e. The second kappa shape index (κ2) is 14.0. The molecule has 59 heavy (non-hydrogen) atoms. The van der Waals surface area contributed by atoms with Crippen LogP contribution in [0.4, 0.5) is 17.1 Å². The molecule has 2 heteroatoms. The van der Waals surface area contributed by atoms with Gasteiger partial charge in [0.15, 0.2) is 0 Å². The molecule has 0 unspecified atom stereocenters. The molecule has 0 fully saturated rings. The maximum Gasteiger partial charge on any atom is 0.0745 e. The van der Waals surface area contributed by atoms with Crippen LogP contribution in [-0.4, -0.2) is 4.57 Å². The Hall–Kier alpha value is -7.16. The lowest BCUT2D eigenvalue weighted by atomic mass is 9.60. The Morgan fingerprint density at radius 2 is 0.949 bits per heavy atom. The van der Waals surface area contributed by atoms with Crippen molar-refractivity contribution in [2.24, 2.45) is 0 Å². The van der Waals surface area contributed by atoms with Gasteiger partial charge < -0.3 is 9.47 Å². The van der Waals surface area contributed by atoms with Gasteiger partial charge in [0.1, 0.15) is 0 Å². The molecule has 1 aliphatic rings. The van der Waals surface area contributed by atoms with Crippen molar-refractivity contribution in [3.05, 3.63) is 240 Å². The third-order valence-corrected chi connectivity index (χ3v) is 12.8. The van der Waals surface area contributed by atoms with E-state index in [0.29, 0.717) is 0 Å². The number of para-hydroxylation sites is 4. The molecule has 0 spiro atoms. The first-order valence-electron chi connectivity index (χ1n) is 21.0. The lowest BCUT2D eigenvalue weighted by Gasteiger charge is -2.47. The van der Waals surface area contributed by atoms with Crippen LogP contribution in [0.2, 0.25) is 0 Å². The van der Waals surface area contributed by atoms with Crippen LogP contribution in [0, 0.1) is 0 Å². The summed E-state index contributed by atoms with van der Waals surface area (Å²) in [5.41, 5.74) is 17.0. The monoisotopic (exact) mass is 756 g/mol. The zero-order chi connectivity index (χ0) is 39.5. The quantitative estimate of drug-likeness (QED) is 0.157. The van der Waals surface area contributed by atoms with E-state index in [1.54, 1.807) is 0 Å². The van der Waals surface area contributed by atoms with E-state index in [4.69, 9.17) is 0 Å². The largest absolute Gasteiger partial charge is 0.310 e. The molecule has 11 rings (SSSR count). The molecule has 0 atom stereocenters. The smallest absolute Gasteiger partial charge is 0.0745 e. The highest BCUT2D eigenvalue weighted by molar-refractivity contribution is 6.09. The number of aryl methyl sites for hydroxylation is 1. The zero-order valence-corrected chi connectivity index (χ0v) is 33.4. The van der Waals surface area contributed by atoms with Gasteiger partial charge in [-0.2, -0.15) is 0 Å². The minimum absolute atomic E-state index is 0.612. The molecule has 2 heterocycles. The van der Waals surface area contributed by atoms with Gasteiger partial charge in [-0.25, -0.2) is 0 Å². The van der Waals surface area contributed by atoms with Crippen LogP contribution < -0.4 is 4.90 Å². The number of nitrogens with zero attached hydrogens (tertiary/aromatic N) is 2. The number of hydrogen-bond donors (Lipinski definition) is 0. The maximum absolute atomic E-state index is 2.49. The molecule has 10 aromatic rings. The molecule has 1 aromatic heterocycles. The Morgan fingerprint density at radius 3 is 1.63 bits per heavy atom. The van der Waals surface area contributed by atoms with Crippen LogP contribution in [0.15, 0.2) is 206 Å². The van der Waals surface area contributed by atoms with Crippen molar-refractivity contribution < 1.29 is 0 Å². The lowest BCUT2D eigenvalue weighted by Crippen LogP contribution is -2.38. The molecule has 0 radical (unpaired) electrons. The van der Waals surface area contributed by atoms with Crippen molar-refractivity contribution in [2.45, 2.75) is 32.1 Å². The van der Waals surface area contributed by atoms with E-state index in [9.17, 15) is 0 Å². The fourth-order valence-electron chi connectivity index (χ4n) is 10.3. The first-order valence-corrected chi connectivity index (χ1v) is 21.0. The summed E-state index contributed by atoms with van der Waals surface area (Å²) in [6, 6.07) is 76.8. The van der Waals surface area contributed by atoms with Gasteiger partial charge >= 0.3 is 0 Å². The summed E-state index contributed by atoms with van der Waals surface area (Å²) >= 11 is 0. The number of fused-ring (bicyclic) bond motifs is 6. The topological polar surface area (TPSA) is 8.17 Å². The average Bonchev–Trinajstić information content (AvgIpc) is 3.65. The highest BCUT2D eigenvalue weighted by atomic mass is 15.2. The molecule has 0 amide bonds. The predicted molar refractivity (Wildman–Crippen MR) is 249 cm³/mol. The molecule has 0 bridgehead atoms. The molecular formula is C57H44N2. The number of aromatic nitrogens is 1. The Balaban J connectivity index is 1.17. The summed E-state index contributed by atoms with van der Waals surface area (Å²) in [7, 11) is 0. The summed E-state index contributed by atoms with van der Waals surface area (Å²) in [5, 5.41) is 5.03. The lowest BCUT2D eigenvalue weighted by molar-refractivity contribution is 0.721. The van der Waals surface area contributed by atoms with Gasteiger partial charge in [-0.05, 0) is 123 Å². The highest BCUT2D eigenvalue weighted by Crippen LogP contribution is 2.59. The van der Waals surface area contributed by atoms with E-state index in [-0.39, 0.29) is 0 Å². The second-order valence-electron chi connectivity index (χ2n) is 15.8. The maximum atomic E-state index is 2.49. The van der Waals surface area contributed by atoms with E-state index >= 15 is 0 Å². The Bertz CT molecular complexity index is 3100. The average molecular weight is 757 g/mol. The summed E-state index contributed by atoms with van der Waals surface area (Å²) in [5.74, 6) is 0. The summed E-state index contributed by atoms with van der Waals surface area (Å²) in [6.45, 7) is 4.60. The first kappa shape index (κ1) is 35.0. The third kappa shape index (κ3) is 5.26. The first-order chi connectivity index (χ1) is 29.2. The third-order valence-electron chi connectivity index (χ3n) is 12.8. The molecule has 0 aliphatic carbocycles. The standard InChI is InChI=1S/C57H44N2/c1-3-39-18-7-8-21-46(39)47-24-17-27-50(45(47)4-2)57(42-33-32-40-19-5-6-20-41(40)38-42)51-25-11-15-30-55(51)59(56-31-16-12-26-52(56)57)44-36-34-43(35-37-44)58-53-28-13-9-22-48(53)49-23-10-14-29-54(49)58/h5-38H,3-4H2,1-2H3. The van der Waals surface area contributed by atoms with Gasteiger partial charge in [-0.3, -0.25) is 0 Å². The van der Waals surface area contributed by atoms with Gasteiger partial charge in [-0.1, -0.05) is 166 Å². The van der Waals surface area contributed by atoms with Crippen LogP contribution in [-0.2, 0) is 18.3 Å². The van der Waals surface area contributed by atoms with Crippen molar-refractivity contribution in [3.8, 4) is 16.8 Å². The van der Waals surface area contributed by atoms with Crippen LogP contribution in [0.25, 0.3) is 49.4 Å². The highest BCUT2D eigenvalue weighted by Gasteiger charge is 2.47. The van der Waals surface area contributed by atoms with Crippen LogP contribution in [0.1, 0.15) is 47.2 Å². The summed E-state index contributed by atoms with van der Waals surface area (Å²) < 4.78 is 2.40. The number of hydrogen-bond acceptors (Lipinski definition) is 1. The van der Waals surface area contributed by atoms with Crippen molar-refractivity contribution in [1.29, 1.82) is 0 Å². The zero-order valence-electron chi connectivity index (χ0n) is 33.4. The molecule has 0 N–H and O–H groups in total. The molecule has 282 valence electrons. The Labute approximate surface area is 346 Å². The van der Waals surface area contributed by atoms with Gasteiger partial charge in [0.25, 0.3) is 0 Å². The van der Waals surface area contributed by atoms with Crippen LogP contribution in [0.5, 0.6) is 0 Å². The predicted octanol–water partition coefficient (Wildman–Crippen LogP) is 14.9. The SMILES string of the molecule is CCc1ccccc1-c1cccc(C2(c3ccc4ccccc4c3)c3ccccc3N(c3ccc(-n4c5ccccc5c5ccccc54)cc3)c3ccccc32)c1CC. The number of benzene rings is 9. The van der Waals surface area contributed by atoms with Gasteiger partial charge in [0, 0.05) is 22.1 Å². The van der Waals surface area contributed by atoms with Crippen molar-refractivity contribution in [3.63, 3.8) is 0 Å². The molecule has 1 aliphatic heterocycles. The van der Waals surface area contributed by atoms with Crippen LogP contribution >= 0.6 is 0 Å². The fraction of sp³-hybridized carbons (Fsp3) is 0.0877. The number of anilines is 3. The van der Waals surface area contributed by atoms with Gasteiger partial charge in [-0.15, -0.1) is 0 Å². The van der Waals surface area contributed by atoms with Crippen molar-refractivity contribution in [2.75, 3.05) is 4.90 Å². The summed E-state index contributed by atoms with van der Waals surface area (Å²) in [6.07, 6.45) is 1.88. The molecule has 2 nitrogen and oxygen atoms in total. The number of rotatable bonds is 7. The fourth-order valence-corrected chi connectivity index (χ4v) is 10.3. The van der Waals surface area contributed by atoms with E-state index in [2.05, 4.69) is 230 Å². The van der Waals surface area contributed by atoms with E-state index in [1.165, 1.54) is 88.5 Å². The van der Waals surface area contributed by atoms with E-state index < -0.39 is 5.41 Å². The van der Waals surface area contributed by atoms with E-state index in [0.717, 1.165) is 24.2 Å². The van der Waals surface area contributed by atoms with Crippen molar-refractivity contribution in [1.82, 2.24) is 4.57 Å².